The summed E-state index contributed by atoms with van der Waals surface area (Å²) in [7, 11) is -4.33. The number of aliphatic hydroxyl groups excluding tert-OH is 2. The third-order valence-corrected chi connectivity index (χ3v) is 5.50. The molecular formula is C18H33N2O6S+. The molecular weight excluding hydrogens is 372 g/mol. The van der Waals surface area contributed by atoms with E-state index in [1.807, 2.05) is 6.08 Å². The number of carbonyl (C=O) groups is 1. The first-order chi connectivity index (χ1) is 12.7. The van der Waals surface area contributed by atoms with Crippen molar-refractivity contribution in [1.29, 1.82) is 0 Å². The van der Waals surface area contributed by atoms with E-state index in [0.717, 1.165) is 19.3 Å². The zero-order valence-corrected chi connectivity index (χ0v) is 16.9. The highest BCUT2D eigenvalue weighted by Crippen LogP contribution is 2.18. The van der Waals surface area contributed by atoms with Crippen molar-refractivity contribution in [1.82, 2.24) is 0 Å². The molecule has 0 radical (unpaired) electrons. The summed E-state index contributed by atoms with van der Waals surface area (Å²) in [4.78, 5) is 16.8. The minimum Gasteiger partial charge on any atom is -0.390 e. The molecule has 9 heteroatoms. The van der Waals surface area contributed by atoms with E-state index in [1.54, 1.807) is 0 Å². The van der Waals surface area contributed by atoms with E-state index in [9.17, 15) is 23.4 Å². The molecule has 0 aromatic carbocycles. The van der Waals surface area contributed by atoms with Crippen LogP contribution in [-0.2, 0) is 14.9 Å². The number of rotatable bonds is 14. The predicted molar refractivity (Wildman–Crippen MR) is 104 cm³/mol. The molecule has 8 nitrogen and oxygen atoms in total. The number of allylic oxidation sites excluding steroid dienone is 1. The van der Waals surface area contributed by atoms with Crippen LogP contribution in [0.2, 0.25) is 0 Å². The molecule has 1 aliphatic heterocycles. The molecule has 0 saturated heterocycles. The molecule has 0 fully saturated rings. The van der Waals surface area contributed by atoms with Crippen LogP contribution < -0.4 is 0 Å². The van der Waals surface area contributed by atoms with Crippen LogP contribution in [0.5, 0.6) is 0 Å². The summed E-state index contributed by atoms with van der Waals surface area (Å²) in [6, 6.07) is 0. The number of hydrogen-bond donors (Lipinski definition) is 3. The van der Waals surface area contributed by atoms with E-state index in [1.165, 1.54) is 25.3 Å². The van der Waals surface area contributed by atoms with Gasteiger partial charge >= 0.3 is 0 Å². The Morgan fingerprint density at radius 2 is 2.00 bits per heavy atom. The Bertz CT molecular complexity index is 632. The molecule has 0 aromatic heterocycles. The number of ketones is 1. The number of quaternary nitrogens is 1. The molecule has 0 saturated carbocycles. The third kappa shape index (κ3) is 8.61. The fourth-order valence-corrected chi connectivity index (χ4v) is 4.01. The second-order valence-electron chi connectivity index (χ2n) is 7.08. The lowest BCUT2D eigenvalue weighted by Gasteiger charge is -2.34. The Kier molecular flexibility index (Phi) is 10.3. The van der Waals surface area contributed by atoms with Gasteiger partial charge in [0.2, 0.25) is 0 Å². The number of carbonyl (C=O) groups excluding carboxylic acids is 1. The smallest absolute Gasteiger partial charge is 0.271 e. The molecule has 0 spiro atoms. The van der Waals surface area contributed by atoms with Crippen LogP contribution in [-0.4, -0.2) is 83.9 Å². The highest BCUT2D eigenvalue weighted by Gasteiger charge is 2.43. The van der Waals surface area contributed by atoms with Crippen molar-refractivity contribution in [2.45, 2.75) is 51.6 Å². The average Bonchev–Trinajstić information content (AvgIpc) is 2.95. The standard InChI is InChI=1S/C18H32N2O6S/c1-2-3-4-5-6-7-8-9-17(23)18-19-10-11-20(18,12-13-21)14-16(22)15-27(24,25)26/h8-9,16,21-22H,2-7,10-15H2,1H3/p+1/b9-8+. The molecule has 1 aliphatic rings. The zero-order chi connectivity index (χ0) is 20.3. The Morgan fingerprint density at radius 3 is 2.63 bits per heavy atom. The van der Waals surface area contributed by atoms with Crippen molar-refractivity contribution in [3.05, 3.63) is 12.2 Å². The molecule has 1 heterocycles. The van der Waals surface area contributed by atoms with E-state index in [0.29, 0.717) is 13.1 Å². The van der Waals surface area contributed by atoms with Crippen LogP contribution in [0.4, 0.5) is 0 Å². The van der Waals surface area contributed by atoms with Gasteiger partial charge in [-0.1, -0.05) is 38.7 Å². The molecule has 0 amide bonds. The molecule has 0 bridgehead atoms. The maximum atomic E-state index is 12.6. The number of aliphatic hydroxyl groups is 2. The molecule has 156 valence electrons. The first-order valence-electron chi connectivity index (χ1n) is 9.60. The van der Waals surface area contributed by atoms with E-state index in [2.05, 4.69) is 11.9 Å². The Hall–Kier alpha value is -1.13. The van der Waals surface area contributed by atoms with Crippen LogP contribution in [0.3, 0.4) is 0 Å². The van der Waals surface area contributed by atoms with Gasteiger partial charge in [-0.05, 0) is 18.9 Å². The first-order valence-corrected chi connectivity index (χ1v) is 11.2. The van der Waals surface area contributed by atoms with Crippen molar-refractivity contribution in [3.8, 4) is 0 Å². The summed E-state index contributed by atoms with van der Waals surface area (Å²) >= 11 is 0. The quantitative estimate of drug-likeness (QED) is 0.171. The monoisotopic (exact) mass is 405 g/mol. The number of hydrogen-bond acceptors (Lipinski definition) is 6. The van der Waals surface area contributed by atoms with Crippen molar-refractivity contribution in [2.24, 2.45) is 4.99 Å². The van der Waals surface area contributed by atoms with Crippen LogP contribution in [0.15, 0.2) is 17.1 Å². The van der Waals surface area contributed by atoms with Gasteiger partial charge in [-0.3, -0.25) is 13.8 Å². The average molecular weight is 406 g/mol. The van der Waals surface area contributed by atoms with Gasteiger partial charge < -0.3 is 10.2 Å². The normalized spacial score (nSPS) is 21.6. The fourth-order valence-electron chi connectivity index (χ4n) is 3.42. The summed E-state index contributed by atoms with van der Waals surface area (Å²) in [6.45, 7) is 2.74. The van der Waals surface area contributed by atoms with Gasteiger partial charge in [0, 0.05) is 0 Å². The topological polar surface area (TPSA) is 124 Å². The summed E-state index contributed by atoms with van der Waals surface area (Å²) < 4.78 is 30.8. The Balaban J connectivity index is 2.71. The highest BCUT2D eigenvalue weighted by atomic mass is 32.2. The lowest BCUT2D eigenvalue weighted by Crippen LogP contribution is -2.58. The largest absolute Gasteiger partial charge is 0.390 e. The Morgan fingerprint density at radius 1 is 1.30 bits per heavy atom. The van der Waals surface area contributed by atoms with Crippen LogP contribution in [0.1, 0.15) is 45.4 Å². The lowest BCUT2D eigenvalue weighted by atomic mass is 10.1. The predicted octanol–water partition coefficient (Wildman–Crippen LogP) is 0.942. The zero-order valence-electron chi connectivity index (χ0n) is 16.1. The molecule has 1 rings (SSSR count). The van der Waals surface area contributed by atoms with E-state index in [4.69, 9.17) is 4.55 Å². The molecule has 2 atom stereocenters. The second-order valence-corrected chi connectivity index (χ2v) is 8.57. The van der Waals surface area contributed by atoms with Crippen LogP contribution >= 0.6 is 0 Å². The highest BCUT2D eigenvalue weighted by molar-refractivity contribution is 7.85. The number of unbranched alkanes of at least 4 members (excludes halogenated alkanes) is 5. The van der Waals surface area contributed by atoms with E-state index in [-0.39, 0.29) is 35.8 Å². The van der Waals surface area contributed by atoms with Gasteiger partial charge in [0.25, 0.3) is 21.7 Å². The van der Waals surface area contributed by atoms with Gasteiger partial charge in [0.15, 0.2) is 0 Å². The third-order valence-electron chi connectivity index (χ3n) is 4.69. The van der Waals surface area contributed by atoms with Gasteiger partial charge in [-0.15, -0.1) is 0 Å². The van der Waals surface area contributed by atoms with Crippen molar-refractivity contribution in [3.63, 3.8) is 0 Å². The van der Waals surface area contributed by atoms with Gasteiger partial charge in [0.1, 0.15) is 31.5 Å². The maximum Gasteiger partial charge on any atom is 0.271 e. The molecule has 27 heavy (non-hydrogen) atoms. The van der Waals surface area contributed by atoms with Crippen molar-refractivity contribution < 1.29 is 32.5 Å². The van der Waals surface area contributed by atoms with Crippen LogP contribution in [0, 0.1) is 0 Å². The Labute approximate surface area is 161 Å². The number of amidine groups is 1. The molecule has 0 aliphatic carbocycles. The van der Waals surface area contributed by atoms with Crippen molar-refractivity contribution >= 4 is 21.7 Å². The molecule has 0 aromatic rings. The number of nitrogens with zero attached hydrogens (tertiary/aromatic N) is 2. The first kappa shape index (κ1) is 23.9. The fraction of sp³-hybridized carbons (Fsp3) is 0.778. The SMILES string of the molecule is CCCCCCC/C=C/C(=O)C1=NCC[N+]1(CCO)CC(O)CS(=O)(=O)O. The maximum absolute atomic E-state index is 12.6. The molecule has 3 N–H and O–H groups in total. The van der Waals surface area contributed by atoms with Gasteiger partial charge in [0.05, 0.1) is 13.2 Å². The molecule has 2 unspecified atom stereocenters. The van der Waals surface area contributed by atoms with E-state index >= 15 is 0 Å². The van der Waals surface area contributed by atoms with Gasteiger partial charge in [-0.2, -0.15) is 8.42 Å². The lowest BCUT2D eigenvalue weighted by molar-refractivity contribution is -0.837. The van der Waals surface area contributed by atoms with Crippen LogP contribution in [0.25, 0.3) is 0 Å². The van der Waals surface area contributed by atoms with Gasteiger partial charge in [-0.25, -0.2) is 4.99 Å². The minimum absolute atomic E-state index is 0.0765. The second kappa shape index (κ2) is 11.7. The minimum atomic E-state index is -4.33. The van der Waals surface area contributed by atoms with E-state index < -0.39 is 22.0 Å². The summed E-state index contributed by atoms with van der Waals surface area (Å²) in [5, 5.41) is 19.4. The van der Waals surface area contributed by atoms with Crippen molar-refractivity contribution in [2.75, 3.05) is 38.5 Å². The number of aliphatic imine (C=N–C) groups is 1. The summed E-state index contributed by atoms with van der Waals surface area (Å²) in [5.74, 6) is -0.873. The summed E-state index contributed by atoms with van der Waals surface area (Å²) in [6.07, 6.45) is 8.46. The summed E-state index contributed by atoms with van der Waals surface area (Å²) in [5.41, 5.74) is 0.